The lowest BCUT2D eigenvalue weighted by molar-refractivity contribution is 0.0132. The van der Waals surface area contributed by atoms with Gasteiger partial charge in [0.25, 0.3) is 0 Å². The minimum Gasteiger partial charge on any atom is -0.314 e. The molecule has 0 aliphatic heterocycles. The van der Waals surface area contributed by atoms with E-state index in [1.54, 1.807) is 0 Å². The summed E-state index contributed by atoms with van der Waals surface area (Å²) in [5.41, 5.74) is 0.470. The molecule has 0 spiro atoms. The van der Waals surface area contributed by atoms with Crippen molar-refractivity contribution in [3.8, 4) is 0 Å². The van der Waals surface area contributed by atoms with Crippen molar-refractivity contribution in [2.75, 3.05) is 6.54 Å². The van der Waals surface area contributed by atoms with Crippen LogP contribution < -0.4 is 5.32 Å². The third-order valence-electron chi connectivity index (χ3n) is 4.15. The van der Waals surface area contributed by atoms with Gasteiger partial charge >= 0.3 is 0 Å². The Morgan fingerprint density at radius 2 is 1.73 bits per heavy atom. The first-order valence-electron chi connectivity index (χ1n) is 6.58. The molecule has 0 aromatic carbocycles. The van der Waals surface area contributed by atoms with Gasteiger partial charge in [0.05, 0.1) is 0 Å². The lowest BCUT2D eigenvalue weighted by Gasteiger charge is -2.49. The van der Waals surface area contributed by atoms with E-state index in [4.69, 9.17) is 0 Å². The minimum atomic E-state index is 0.470. The Morgan fingerprint density at radius 3 is 2.07 bits per heavy atom. The monoisotopic (exact) mass is 211 g/mol. The Morgan fingerprint density at radius 1 is 1.13 bits per heavy atom. The maximum Gasteiger partial charge on any atom is 0.00106 e. The van der Waals surface area contributed by atoms with Gasteiger partial charge in [-0.15, -0.1) is 0 Å². The Balaban J connectivity index is 2.46. The highest BCUT2D eigenvalue weighted by atomic mass is 14.9. The van der Waals surface area contributed by atoms with Crippen LogP contribution in [0.4, 0.5) is 0 Å². The second-order valence-electron chi connectivity index (χ2n) is 6.62. The van der Waals surface area contributed by atoms with Gasteiger partial charge in [-0.05, 0) is 36.0 Å². The van der Waals surface area contributed by atoms with Crippen LogP contribution in [0.5, 0.6) is 0 Å². The number of nitrogens with one attached hydrogen (secondary N) is 1. The van der Waals surface area contributed by atoms with E-state index >= 15 is 0 Å². The van der Waals surface area contributed by atoms with Crippen molar-refractivity contribution in [2.45, 2.75) is 60.4 Å². The topological polar surface area (TPSA) is 12.0 Å². The van der Waals surface area contributed by atoms with Gasteiger partial charge in [0, 0.05) is 12.6 Å². The van der Waals surface area contributed by atoms with Crippen molar-refractivity contribution in [3.63, 3.8) is 0 Å². The van der Waals surface area contributed by atoms with Crippen molar-refractivity contribution in [1.29, 1.82) is 0 Å². The van der Waals surface area contributed by atoms with Crippen LogP contribution in [-0.4, -0.2) is 12.6 Å². The molecule has 0 bridgehead atoms. The predicted octanol–water partition coefficient (Wildman–Crippen LogP) is 3.69. The molecule has 0 saturated heterocycles. The zero-order valence-corrected chi connectivity index (χ0v) is 11.4. The van der Waals surface area contributed by atoms with Crippen LogP contribution >= 0.6 is 0 Å². The summed E-state index contributed by atoms with van der Waals surface area (Å²) in [5.74, 6) is 2.76. The van der Waals surface area contributed by atoms with Crippen molar-refractivity contribution in [1.82, 2.24) is 5.32 Å². The van der Waals surface area contributed by atoms with Gasteiger partial charge in [-0.3, -0.25) is 0 Å². The molecule has 1 fully saturated rings. The van der Waals surface area contributed by atoms with E-state index in [0.29, 0.717) is 11.5 Å². The molecule has 1 unspecified atom stereocenters. The first-order chi connectivity index (χ1) is 6.84. The van der Waals surface area contributed by atoms with E-state index < -0.39 is 0 Å². The Labute approximate surface area is 96.0 Å². The van der Waals surface area contributed by atoms with Crippen LogP contribution in [0.1, 0.15) is 54.4 Å². The molecular formula is C14H29N. The average Bonchev–Trinajstić information content (AvgIpc) is 1.96. The Kier molecular flexibility index (Phi) is 4.22. The fourth-order valence-electron chi connectivity index (χ4n) is 2.89. The van der Waals surface area contributed by atoms with Gasteiger partial charge in [-0.2, -0.15) is 0 Å². The number of hydrogen-bond acceptors (Lipinski definition) is 1. The van der Waals surface area contributed by atoms with Gasteiger partial charge in [-0.1, -0.05) is 41.5 Å². The second kappa shape index (κ2) is 4.86. The third kappa shape index (κ3) is 3.21. The van der Waals surface area contributed by atoms with Crippen LogP contribution in [-0.2, 0) is 0 Å². The van der Waals surface area contributed by atoms with Crippen molar-refractivity contribution in [3.05, 3.63) is 0 Å². The maximum atomic E-state index is 3.59. The highest BCUT2D eigenvalue weighted by molar-refractivity contribution is 4.93. The summed E-state index contributed by atoms with van der Waals surface area (Å²) in [5, 5.41) is 3.59. The van der Waals surface area contributed by atoms with E-state index in [-0.39, 0.29) is 0 Å². The predicted molar refractivity (Wildman–Crippen MR) is 68.0 cm³/mol. The van der Waals surface area contributed by atoms with Gasteiger partial charge in [0.15, 0.2) is 0 Å². The van der Waals surface area contributed by atoms with Crippen molar-refractivity contribution in [2.24, 2.45) is 23.2 Å². The van der Waals surface area contributed by atoms with Crippen LogP contribution in [0, 0.1) is 23.2 Å². The SMILES string of the molecule is CC(C)NCC(C)(C)[C@H]1CCC1C(C)C. The Hall–Kier alpha value is -0.0400. The fraction of sp³-hybridized carbons (Fsp3) is 1.00. The van der Waals surface area contributed by atoms with E-state index in [0.717, 1.165) is 17.8 Å². The molecule has 0 radical (unpaired) electrons. The first kappa shape index (κ1) is 13.0. The zero-order chi connectivity index (χ0) is 11.6. The van der Waals surface area contributed by atoms with E-state index in [1.807, 2.05) is 0 Å². The average molecular weight is 211 g/mol. The largest absolute Gasteiger partial charge is 0.314 e. The van der Waals surface area contributed by atoms with E-state index in [2.05, 4.69) is 46.9 Å². The molecule has 1 rings (SSSR count). The molecule has 1 aliphatic carbocycles. The van der Waals surface area contributed by atoms with Gasteiger partial charge < -0.3 is 5.32 Å². The summed E-state index contributed by atoms with van der Waals surface area (Å²) in [4.78, 5) is 0. The summed E-state index contributed by atoms with van der Waals surface area (Å²) in [6.45, 7) is 15.3. The fourth-order valence-corrected chi connectivity index (χ4v) is 2.89. The molecule has 1 aliphatic rings. The molecule has 1 saturated carbocycles. The summed E-state index contributed by atoms with van der Waals surface area (Å²) < 4.78 is 0. The van der Waals surface area contributed by atoms with Crippen LogP contribution in [0.25, 0.3) is 0 Å². The molecule has 0 aromatic rings. The van der Waals surface area contributed by atoms with Crippen LogP contribution in [0.2, 0.25) is 0 Å². The van der Waals surface area contributed by atoms with Gasteiger partial charge in [0.2, 0.25) is 0 Å². The van der Waals surface area contributed by atoms with Crippen molar-refractivity contribution < 1.29 is 0 Å². The zero-order valence-electron chi connectivity index (χ0n) is 11.4. The molecule has 90 valence electrons. The van der Waals surface area contributed by atoms with E-state index in [1.165, 1.54) is 19.4 Å². The highest BCUT2D eigenvalue weighted by Gasteiger charge is 2.42. The summed E-state index contributed by atoms with van der Waals surface area (Å²) >= 11 is 0. The van der Waals surface area contributed by atoms with Crippen molar-refractivity contribution >= 4 is 0 Å². The standard InChI is InChI=1S/C14H29N/c1-10(2)12-7-8-13(12)14(5,6)9-15-11(3)4/h10-13,15H,7-9H2,1-6H3/t12?,13-/m0/s1. The molecule has 1 N–H and O–H groups in total. The lowest BCUT2D eigenvalue weighted by atomic mass is 9.57. The maximum absolute atomic E-state index is 3.59. The third-order valence-corrected chi connectivity index (χ3v) is 4.15. The van der Waals surface area contributed by atoms with Gasteiger partial charge in [-0.25, -0.2) is 0 Å². The highest BCUT2D eigenvalue weighted by Crippen LogP contribution is 2.49. The number of hydrogen-bond donors (Lipinski definition) is 1. The Bertz CT molecular complexity index is 194. The quantitative estimate of drug-likeness (QED) is 0.731. The summed E-state index contributed by atoms with van der Waals surface area (Å²) in [6, 6.07) is 0.613. The molecule has 0 aromatic heterocycles. The first-order valence-corrected chi connectivity index (χ1v) is 6.58. The lowest BCUT2D eigenvalue weighted by Crippen LogP contribution is -2.46. The van der Waals surface area contributed by atoms with E-state index in [9.17, 15) is 0 Å². The molecule has 1 heteroatoms. The smallest absolute Gasteiger partial charge is 0.00106 e. The number of rotatable bonds is 5. The second-order valence-corrected chi connectivity index (χ2v) is 6.62. The molecular weight excluding hydrogens is 182 g/mol. The minimum absolute atomic E-state index is 0.470. The molecule has 2 atom stereocenters. The van der Waals surface area contributed by atoms with Crippen LogP contribution in [0.15, 0.2) is 0 Å². The molecule has 0 heterocycles. The molecule has 0 amide bonds. The molecule has 15 heavy (non-hydrogen) atoms. The summed E-state index contributed by atoms with van der Waals surface area (Å²) in [6.07, 6.45) is 2.89. The summed E-state index contributed by atoms with van der Waals surface area (Å²) in [7, 11) is 0. The van der Waals surface area contributed by atoms with Gasteiger partial charge in [0.1, 0.15) is 0 Å². The molecule has 1 nitrogen and oxygen atoms in total. The normalized spacial score (nSPS) is 27.2. The van der Waals surface area contributed by atoms with Crippen LogP contribution in [0.3, 0.4) is 0 Å².